The van der Waals surface area contributed by atoms with Crippen LogP contribution >= 0.6 is 0 Å². The van der Waals surface area contributed by atoms with Crippen LogP contribution in [0.25, 0.3) is 10.9 Å². The number of aryl methyl sites for hydroxylation is 1. The number of aliphatic imine (C=N–C) groups is 1. The molecule has 0 amide bonds. The molecule has 1 saturated heterocycles. The van der Waals surface area contributed by atoms with Crippen LogP contribution in [-0.2, 0) is 6.42 Å². The van der Waals surface area contributed by atoms with E-state index in [-0.39, 0.29) is 6.10 Å². The average Bonchev–Trinajstić information content (AvgIpc) is 3.10. The van der Waals surface area contributed by atoms with Crippen molar-refractivity contribution in [2.75, 3.05) is 26.2 Å². The van der Waals surface area contributed by atoms with Crippen molar-refractivity contribution in [2.24, 2.45) is 4.99 Å². The Morgan fingerprint density at radius 1 is 1.43 bits per heavy atom. The number of para-hydroxylation sites is 1. The topological polar surface area (TPSA) is 63.7 Å². The minimum atomic E-state index is -0.227. The van der Waals surface area contributed by atoms with Gasteiger partial charge in [0, 0.05) is 42.8 Å². The van der Waals surface area contributed by atoms with Crippen LogP contribution in [0.15, 0.2) is 29.3 Å². The SMILES string of the molecule is CCNC(=NCCc1c(C)[nH]c2ccccc12)N1CC[C@@H](O)C1. The fourth-order valence-corrected chi connectivity index (χ4v) is 3.29. The third-order valence-electron chi connectivity index (χ3n) is 4.45. The minimum absolute atomic E-state index is 0.227. The minimum Gasteiger partial charge on any atom is -0.391 e. The van der Waals surface area contributed by atoms with Gasteiger partial charge in [-0.3, -0.25) is 4.99 Å². The highest BCUT2D eigenvalue weighted by Gasteiger charge is 2.22. The molecule has 0 spiro atoms. The highest BCUT2D eigenvalue weighted by atomic mass is 16.3. The maximum Gasteiger partial charge on any atom is 0.194 e. The maximum absolute atomic E-state index is 9.72. The molecule has 0 aliphatic carbocycles. The predicted molar refractivity (Wildman–Crippen MR) is 94.9 cm³/mol. The standard InChI is InChI=1S/C18H26N4O/c1-3-19-18(22-11-9-14(23)12-22)20-10-8-15-13(2)21-17-7-5-4-6-16(15)17/h4-7,14,21,23H,3,8-12H2,1-2H3,(H,19,20)/t14-/m1/s1. The Balaban J connectivity index is 1.71. The van der Waals surface area contributed by atoms with E-state index in [1.54, 1.807) is 0 Å². The third-order valence-corrected chi connectivity index (χ3v) is 4.45. The Bertz CT molecular complexity index is 691. The first kappa shape index (κ1) is 15.9. The van der Waals surface area contributed by atoms with E-state index in [0.29, 0.717) is 6.54 Å². The Hall–Kier alpha value is -2.01. The molecule has 124 valence electrons. The summed E-state index contributed by atoms with van der Waals surface area (Å²) < 4.78 is 0. The summed E-state index contributed by atoms with van der Waals surface area (Å²) in [6.07, 6.45) is 1.52. The number of likely N-dealkylation sites (tertiary alicyclic amines) is 1. The first-order chi connectivity index (χ1) is 11.2. The molecule has 1 aromatic heterocycles. The number of nitrogens with zero attached hydrogens (tertiary/aromatic N) is 2. The van der Waals surface area contributed by atoms with Crippen molar-refractivity contribution in [3.63, 3.8) is 0 Å². The zero-order chi connectivity index (χ0) is 16.2. The second-order valence-corrected chi connectivity index (χ2v) is 6.15. The summed E-state index contributed by atoms with van der Waals surface area (Å²) in [6, 6.07) is 8.42. The summed E-state index contributed by atoms with van der Waals surface area (Å²) in [5, 5.41) is 14.3. The van der Waals surface area contributed by atoms with Crippen molar-refractivity contribution in [2.45, 2.75) is 32.8 Å². The molecule has 2 aromatic rings. The number of hydrogen-bond acceptors (Lipinski definition) is 2. The van der Waals surface area contributed by atoms with Crippen LogP contribution < -0.4 is 5.32 Å². The van der Waals surface area contributed by atoms with Crippen molar-refractivity contribution in [1.29, 1.82) is 0 Å². The highest BCUT2D eigenvalue weighted by molar-refractivity contribution is 5.84. The van der Waals surface area contributed by atoms with Crippen LogP contribution in [0.2, 0.25) is 0 Å². The maximum atomic E-state index is 9.72. The van der Waals surface area contributed by atoms with E-state index in [2.05, 4.69) is 53.3 Å². The number of β-amino-alcohol motifs (C(OH)–C–C–N with tert-alkyl or cyclic N) is 1. The first-order valence-corrected chi connectivity index (χ1v) is 8.46. The van der Waals surface area contributed by atoms with Crippen molar-refractivity contribution >= 4 is 16.9 Å². The van der Waals surface area contributed by atoms with Gasteiger partial charge in [-0.05, 0) is 38.3 Å². The zero-order valence-corrected chi connectivity index (χ0v) is 14.0. The molecule has 2 heterocycles. The Morgan fingerprint density at radius 3 is 3.00 bits per heavy atom. The average molecular weight is 314 g/mol. The van der Waals surface area contributed by atoms with Gasteiger partial charge in [0.25, 0.3) is 0 Å². The molecule has 0 radical (unpaired) electrons. The summed E-state index contributed by atoms with van der Waals surface area (Å²) in [7, 11) is 0. The number of benzene rings is 1. The lowest BCUT2D eigenvalue weighted by Gasteiger charge is -2.20. The number of aromatic nitrogens is 1. The van der Waals surface area contributed by atoms with Gasteiger partial charge in [0.15, 0.2) is 5.96 Å². The van der Waals surface area contributed by atoms with Gasteiger partial charge in [0.1, 0.15) is 0 Å². The van der Waals surface area contributed by atoms with E-state index in [9.17, 15) is 5.11 Å². The van der Waals surface area contributed by atoms with Gasteiger partial charge in [0.2, 0.25) is 0 Å². The van der Waals surface area contributed by atoms with Gasteiger partial charge >= 0.3 is 0 Å². The Labute approximate surface area is 137 Å². The van der Waals surface area contributed by atoms with E-state index < -0.39 is 0 Å². The van der Waals surface area contributed by atoms with Gasteiger partial charge < -0.3 is 20.3 Å². The van der Waals surface area contributed by atoms with Crippen LogP contribution in [0.4, 0.5) is 0 Å². The summed E-state index contributed by atoms with van der Waals surface area (Å²) >= 11 is 0. The second kappa shape index (κ2) is 7.04. The second-order valence-electron chi connectivity index (χ2n) is 6.15. The molecule has 1 aliphatic heterocycles. The number of rotatable bonds is 4. The van der Waals surface area contributed by atoms with Gasteiger partial charge in [-0.2, -0.15) is 0 Å². The van der Waals surface area contributed by atoms with Crippen molar-refractivity contribution in [1.82, 2.24) is 15.2 Å². The van der Waals surface area contributed by atoms with Crippen LogP contribution in [0.5, 0.6) is 0 Å². The number of H-pyrrole nitrogens is 1. The predicted octanol–water partition coefficient (Wildman–Crippen LogP) is 2.05. The van der Waals surface area contributed by atoms with E-state index >= 15 is 0 Å². The van der Waals surface area contributed by atoms with Crippen LogP contribution in [0.3, 0.4) is 0 Å². The number of hydrogen-bond donors (Lipinski definition) is 3. The van der Waals surface area contributed by atoms with Crippen molar-refractivity contribution in [3.05, 3.63) is 35.5 Å². The number of aliphatic hydroxyl groups excluding tert-OH is 1. The molecule has 0 bridgehead atoms. The molecule has 3 N–H and O–H groups in total. The third kappa shape index (κ3) is 3.50. The molecule has 0 saturated carbocycles. The monoisotopic (exact) mass is 314 g/mol. The summed E-state index contributed by atoms with van der Waals surface area (Å²) in [5.41, 5.74) is 3.77. The number of aromatic amines is 1. The largest absolute Gasteiger partial charge is 0.391 e. The number of nitrogens with one attached hydrogen (secondary N) is 2. The van der Waals surface area contributed by atoms with E-state index in [4.69, 9.17) is 4.99 Å². The lowest BCUT2D eigenvalue weighted by molar-refractivity contribution is 0.188. The normalized spacial score (nSPS) is 18.8. The summed E-state index contributed by atoms with van der Waals surface area (Å²) in [4.78, 5) is 10.4. The molecule has 1 aliphatic rings. The Morgan fingerprint density at radius 2 is 2.26 bits per heavy atom. The van der Waals surface area contributed by atoms with Crippen LogP contribution in [0, 0.1) is 6.92 Å². The smallest absolute Gasteiger partial charge is 0.194 e. The zero-order valence-electron chi connectivity index (χ0n) is 14.0. The van der Waals surface area contributed by atoms with Gasteiger partial charge in [0.05, 0.1) is 6.10 Å². The van der Waals surface area contributed by atoms with Crippen LogP contribution in [0.1, 0.15) is 24.6 Å². The molecule has 5 nitrogen and oxygen atoms in total. The lowest BCUT2D eigenvalue weighted by atomic mass is 10.1. The molecular weight excluding hydrogens is 288 g/mol. The molecule has 3 rings (SSSR count). The summed E-state index contributed by atoms with van der Waals surface area (Å²) in [6.45, 7) is 7.35. The fourth-order valence-electron chi connectivity index (χ4n) is 3.29. The molecule has 23 heavy (non-hydrogen) atoms. The molecular formula is C18H26N4O. The van der Waals surface area contributed by atoms with E-state index in [0.717, 1.165) is 38.4 Å². The molecule has 1 aromatic carbocycles. The van der Waals surface area contributed by atoms with Crippen molar-refractivity contribution in [3.8, 4) is 0 Å². The van der Waals surface area contributed by atoms with Gasteiger partial charge in [-0.1, -0.05) is 18.2 Å². The number of aliphatic hydroxyl groups is 1. The van der Waals surface area contributed by atoms with Gasteiger partial charge in [-0.25, -0.2) is 0 Å². The Kier molecular flexibility index (Phi) is 4.86. The van der Waals surface area contributed by atoms with E-state index in [1.165, 1.54) is 22.2 Å². The molecule has 1 atom stereocenters. The van der Waals surface area contributed by atoms with Gasteiger partial charge in [-0.15, -0.1) is 0 Å². The molecule has 5 heteroatoms. The number of fused-ring (bicyclic) bond motifs is 1. The quantitative estimate of drug-likeness (QED) is 0.598. The lowest BCUT2D eigenvalue weighted by Crippen LogP contribution is -2.40. The number of guanidine groups is 1. The molecule has 1 fully saturated rings. The first-order valence-electron chi connectivity index (χ1n) is 8.46. The fraction of sp³-hybridized carbons (Fsp3) is 0.500. The summed E-state index contributed by atoms with van der Waals surface area (Å²) in [5.74, 6) is 0.918. The van der Waals surface area contributed by atoms with Crippen LogP contribution in [-0.4, -0.2) is 53.2 Å². The molecule has 0 unspecified atom stereocenters. The highest BCUT2D eigenvalue weighted by Crippen LogP contribution is 2.22. The van der Waals surface area contributed by atoms with E-state index in [1.807, 2.05) is 0 Å². The van der Waals surface area contributed by atoms with Crippen molar-refractivity contribution < 1.29 is 5.11 Å².